The third kappa shape index (κ3) is 4.84. The number of hydrogen-bond acceptors (Lipinski definition) is 6. The molecule has 0 aliphatic carbocycles. The molecule has 0 saturated heterocycles. The van der Waals surface area contributed by atoms with E-state index in [1.165, 1.54) is 18.2 Å². The number of sulfone groups is 1. The van der Waals surface area contributed by atoms with Crippen molar-refractivity contribution < 1.29 is 17.6 Å². The molecule has 0 unspecified atom stereocenters. The number of amides is 1. The van der Waals surface area contributed by atoms with Gasteiger partial charge in [0.2, 0.25) is 5.65 Å². The minimum Gasteiger partial charge on any atom is -0.322 e. The standard InChI is InChI=1S/C26H20FN5O3S/c1-16-2-9-20(10-3-16)36(34,35)15-17-4-7-19(8-5-17)28-26(33)21-14-18(6-11-22(21)27)23-12-13-24-25(29-23)31-32-30-24/h2-14H,15H2,1H3,(H,28,33)(H,29,30,31,32). The van der Waals surface area contributed by atoms with Gasteiger partial charge in [0.1, 0.15) is 11.3 Å². The Balaban J connectivity index is 1.32. The number of nitrogens with one attached hydrogen (secondary N) is 2. The Morgan fingerprint density at radius 1 is 0.972 bits per heavy atom. The van der Waals surface area contributed by atoms with Gasteiger partial charge in [0, 0.05) is 11.3 Å². The van der Waals surface area contributed by atoms with Crippen LogP contribution in [0.25, 0.3) is 22.4 Å². The summed E-state index contributed by atoms with van der Waals surface area (Å²) in [7, 11) is -3.51. The summed E-state index contributed by atoms with van der Waals surface area (Å²) in [6.45, 7) is 1.89. The molecule has 0 aliphatic rings. The number of rotatable bonds is 6. The van der Waals surface area contributed by atoms with Crippen LogP contribution in [0.1, 0.15) is 21.5 Å². The lowest BCUT2D eigenvalue weighted by Crippen LogP contribution is -2.14. The third-order valence-corrected chi connectivity index (χ3v) is 7.35. The maximum atomic E-state index is 14.5. The first-order valence-electron chi connectivity index (χ1n) is 11.0. The molecule has 0 bridgehead atoms. The first-order valence-corrected chi connectivity index (χ1v) is 12.6. The molecule has 5 aromatic rings. The van der Waals surface area contributed by atoms with Crippen LogP contribution in [0.3, 0.4) is 0 Å². The van der Waals surface area contributed by atoms with Gasteiger partial charge in [0.15, 0.2) is 9.84 Å². The number of H-pyrrole nitrogens is 1. The molecular weight excluding hydrogens is 481 g/mol. The summed E-state index contributed by atoms with van der Waals surface area (Å²) in [5.41, 5.74) is 3.93. The van der Waals surface area contributed by atoms with E-state index in [2.05, 4.69) is 25.7 Å². The van der Waals surface area contributed by atoms with Gasteiger partial charge >= 0.3 is 0 Å². The normalized spacial score (nSPS) is 11.5. The molecule has 3 aromatic carbocycles. The summed E-state index contributed by atoms with van der Waals surface area (Å²) in [4.78, 5) is 17.4. The number of anilines is 1. The number of nitrogens with zero attached hydrogens (tertiary/aromatic N) is 3. The maximum absolute atomic E-state index is 14.5. The molecule has 1 amide bonds. The third-order valence-electron chi connectivity index (χ3n) is 5.65. The number of carbonyl (C=O) groups is 1. The lowest BCUT2D eigenvalue weighted by atomic mass is 10.1. The van der Waals surface area contributed by atoms with Crippen molar-refractivity contribution >= 4 is 32.6 Å². The van der Waals surface area contributed by atoms with E-state index in [1.54, 1.807) is 60.7 Å². The summed E-state index contributed by atoms with van der Waals surface area (Å²) in [5, 5.41) is 12.9. The number of pyridine rings is 1. The molecule has 5 rings (SSSR count). The van der Waals surface area contributed by atoms with E-state index < -0.39 is 21.6 Å². The Bertz CT molecular complexity index is 1680. The van der Waals surface area contributed by atoms with Crippen LogP contribution in [-0.2, 0) is 15.6 Å². The second-order valence-corrected chi connectivity index (χ2v) is 10.3. The highest BCUT2D eigenvalue weighted by Crippen LogP contribution is 2.24. The van der Waals surface area contributed by atoms with E-state index in [0.717, 1.165) is 5.56 Å². The molecule has 0 radical (unpaired) electrons. The molecule has 2 aromatic heterocycles. The zero-order valence-electron chi connectivity index (χ0n) is 19.1. The zero-order chi connectivity index (χ0) is 25.3. The number of aromatic nitrogens is 4. The quantitative estimate of drug-likeness (QED) is 0.348. The van der Waals surface area contributed by atoms with E-state index in [4.69, 9.17) is 0 Å². The Labute approximate surface area is 206 Å². The molecule has 0 fully saturated rings. The molecule has 10 heteroatoms. The lowest BCUT2D eigenvalue weighted by Gasteiger charge is -2.10. The Kier molecular flexibility index (Phi) is 6.03. The highest BCUT2D eigenvalue weighted by Gasteiger charge is 2.17. The fourth-order valence-electron chi connectivity index (χ4n) is 3.69. The average Bonchev–Trinajstić information content (AvgIpc) is 3.33. The summed E-state index contributed by atoms with van der Waals surface area (Å²) < 4.78 is 39.9. The smallest absolute Gasteiger partial charge is 0.258 e. The Hall–Kier alpha value is -4.44. The van der Waals surface area contributed by atoms with Crippen molar-refractivity contribution in [3.63, 3.8) is 0 Å². The van der Waals surface area contributed by atoms with E-state index in [9.17, 15) is 17.6 Å². The van der Waals surface area contributed by atoms with Gasteiger partial charge in [-0.15, -0.1) is 5.10 Å². The molecule has 2 N–H and O–H groups in total. The van der Waals surface area contributed by atoms with Crippen molar-refractivity contribution in [2.24, 2.45) is 0 Å². The van der Waals surface area contributed by atoms with Gasteiger partial charge in [0.25, 0.3) is 5.91 Å². The van der Waals surface area contributed by atoms with E-state index in [1.807, 2.05) is 6.92 Å². The molecular formula is C26H20FN5O3S. The van der Waals surface area contributed by atoms with Gasteiger partial charge < -0.3 is 5.32 Å². The molecule has 180 valence electrons. The van der Waals surface area contributed by atoms with Gasteiger partial charge in [0.05, 0.1) is 21.9 Å². The fraction of sp³-hybridized carbons (Fsp3) is 0.0769. The number of benzene rings is 3. The average molecular weight is 502 g/mol. The van der Waals surface area contributed by atoms with E-state index in [0.29, 0.717) is 33.7 Å². The first kappa shape index (κ1) is 23.3. The second kappa shape index (κ2) is 9.31. The van der Waals surface area contributed by atoms with Crippen LogP contribution in [0, 0.1) is 12.7 Å². The molecule has 2 heterocycles. The van der Waals surface area contributed by atoms with Gasteiger partial charge in [-0.3, -0.25) is 9.89 Å². The van der Waals surface area contributed by atoms with Gasteiger partial charge in [-0.2, -0.15) is 0 Å². The number of aromatic amines is 1. The lowest BCUT2D eigenvalue weighted by molar-refractivity contribution is 0.102. The zero-order valence-corrected chi connectivity index (χ0v) is 19.9. The van der Waals surface area contributed by atoms with Crippen LogP contribution < -0.4 is 5.32 Å². The SMILES string of the molecule is Cc1ccc(S(=O)(=O)Cc2ccc(NC(=O)c3cc(-c4ccc5[nH]nnc5n4)ccc3F)cc2)cc1. The monoisotopic (exact) mass is 501 g/mol. The van der Waals surface area contributed by atoms with Crippen LogP contribution in [0.4, 0.5) is 10.1 Å². The largest absolute Gasteiger partial charge is 0.322 e. The van der Waals surface area contributed by atoms with Crippen LogP contribution in [-0.4, -0.2) is 34.7 Å². The predicted octanol–water partition coefficient (Wildman–Crippen LogP) is 4.69. The number of aryl methyl sites for hydroxylation is 1. The highest BCUT2D eigenvalue weighted by atomic mass is 32.2. The van der Waals surface area contributed by atoms with Crippen LogP contribution in [0.2, 0.25) is 0 Å². The first-order chi connectivity index (χ1) is 17.3. The highest BCUT2D eigenvalue weighted by molar-refractivity contribution is 7.90. The molecule has 0 spiro atoms. The summed E-state index contributed by atoms with van der Waals surface area (Å²) in [5.74, 6) is -1.50. The van der Waals surface area contributed by atoms with Gasteiger partial charge in [-0.25, -0.2) is 17.8 Å². The minimum atomic E-state index is -3.51. The summed E-state index contributed by atoms with van der Waals surface area (Å²) in [6, 6.07) is 20.7. The van der Waals surface area contributed by atoms with Crippen molar-refractivity contribution in [2.75, 3.05) is 5.32 Å². The Morgan fingerprint density at radius 2 is 1.72 bits per heavy atom. The summed E-state index contributed by atoms with van der Waals surface area (Å²) in [6.07, 6.45) is 0. The van der Waals surface area contributed by atoms with Crippen molar-refractivity contribution in [1.82, 2.24) is 20.4 Å². The van der Waals surface area contributed by atoms with Crippen molar-refractivity contribution in [3.8, 4) is 11.3 Å². The summed E-state index contributed by atoms with van der Waals surface area (Å²) >= 11 is 0. The van der Waals surface area contributed by atoms with Gasteiger partial charge in [-0.1, -0.05) is 35.0 Å². The number of hydrogen-bond donors (Lipinski definition) is 2. The maximum Gasteiger partial charge on any atom is 0.258 e. The van der Waals surface area contributed by atoms with Gasteiger partial charge in [-0.05, 0) is 67.1 Å². The second-order valence-electron chi connectivity index (χ2n) is 8.30. The molecule has 0 saturated carbocycles. The predicted molar refractivity (Wildman–Crippen MR) is 134 cm³/mol. The molecule has 0 aliphatic heterocycles. The molecule has 36 heavy (non-hydrogen) atoms. The number of fused-ring (bicyclic) bond motifs is 1. The molecule has 0 atom stereocenters. The van der Waals surface area contributed by atoms with E-state index in [-0.39, 0.29) is 16.2 Å². The van der Waals surface area contributed by atoms with Crippen molar-refractivity contribution in [2.45, 2.75) is 17.6 Å². The van der Waals surface area contributed by atoms with Crippen LogP contribution in [0.5, 0.6) is 0 Å². The fourth-order valence-corrected chi connectivity index (χ4v) is 5.04. The number of carbonyl (C=O) groups excluding carboxylic acids is 1. The van der Waals surface area contributed by atoms with E-state index >= 15 is 0 Å². The topological polar surface area (TPSA) is 118 Å². The van der Waals surface area contributed by atoms with Crippen LogP contribution in [0.15, 0.2) is 83.8 Å². The number of halogens is 1. The van der Waals surface area contributed by atoms with Crippen molar-refractivity contribution in [3.05, 3.63) is 101 Å². The Morgan fingerprint density at radius 3 is 2.47 bits per heavy atom. The molecule has 8 nitrogen and oxygen atoms in total. The van der Waals surface area contributed by atoms with Crippen LogP contribution >= 0.6 is 0 Å². The van der Waals surface area contributed by atoms with Crippen molar-refractivity contribution in [1.29, 1.82) is 0 Å². The minimum absolute atomic E-state index is 0.152.